The molecule has 0 spiro atoms. The van der Waals surface area contributed by atoms with Gasteiger partial charge in [0.1, 0.15) is 5.69 Å². The molecule has 0 aliphatic heterocycles. The summed E-state index contributed by atoms with van der Waals surface area (Å²) in [5, 5.41) is 7.12. The average molecular weight is 264 g/mol. The Morgan fingerprint density at radius 1 is 1.53 bits per heavy atom. The number of hydrogen-bond donors (Lipinski definition) is 2. The number of nitrogen functional groups attached to an aromatic ring is 1. The molecule has 0 radical (unpaired) electrons. The second-order valence-corrected chi connectivity index (χ2v) is 5.50. The molecular formula is C14H24N4O. The maximum Gasteiger partial charge on any atom is 0.271 e. The van der Waals surface area contributed by atoms with Crippen molar-refractivity contribution >= 4 is 11.6 Å². The van der Waals surface area contributed by atoms with E-state index >= 15 is 0 Å². The fourth-order valence-electron chi connectivity index (χ4n) is 2.89. The molecule has 106 valence electrons. The number of aryl methyl sites for hydroxylation is 1. The predicted molar refractivity (Wildman–Crippen MR) is 75.8 cm³/mol. The number of aromatic nitrogens is 2. The molecule has 1 aromatic rings. The van der Waals surface area contributed by atoms with E-state index in [1.807, 2.05) is 6.92 Å². The lowest BCUT2D eigenvalue weighted by Crippen LogP contribution is -2.34. The van der Waals surface area contributed by atoms with Crippen LogP contribution < -0.4 is 11.1 Å². The van der Waals surface area contributed by atoms with Gasteiger partial charge in [-0.2, -0.15) is 5.10 Å². The molecule has 3 N–H and O–H groups in total. The summed E-state index contributed by atoms with van der Waals surface area (Å²) in [6, 6.07) is 0. The van der Waals surface area contributed by atoms with E-state index in [2.05, 4.69) is 17.3 Å². The van der Waals surface area contributed by atoms with Crippen LogP contribution in [0, 0.1) is 11.8 Å². The van der Waals surface area contributed by atoms with Crippen LogP contribution >= 0.6 is 0 Å². The number of hydrogen-bond acceptors (Lipinski definition) is 3. The van der Waals surface area contributed by atoms with Crippen molar-refractivity contribution in [1.82, 2.24) is 15.1 Å². The molecule has 1 amide bonds. The minimum atomic E-state index is -0.102. The first-order chi connectivity index (χ1) is 9.13. The third-order valence-corrected chi connectivity index (χ3v) is 4.20. The number of nitrogens with one attached hydrogen (secondary N) is 1. The molecule has 2 unspecified atom stereocenters. The van der Waals surface area contributed by atoms with Crippen molar-refractivity contribution in [2.24, 2.45) is 11.8 Å². The number of rotatable bonds is 4. The molecule has 1 saturated carbocycles. The van der Waals surface area contributed by atoms with E-state index in [0.29, 0.717) is 29.8 Å². The van der Waals surface area contributed by atoms with Crippen LogP contribution in [0.3, 0.4) is 0 Å². The monoisotopic (exact) mass is 264 g/mol. The van der Waals surface area contributed by atoms with E-state index < -0.39 is 0 Å². The van der Waals surface area contributed by atoms with Crippen LogP contribution in [0.4, 0.5) is 5.69 Å². The topological polar surface area (TPSA) is 72.9 Å². The maximum absolute atomic E-state index is 12.2. The smallest absolute Gasteiger partial charge is 0.271 e. The molecule has 1 fully saturated rings. The van der Waals surface area contributed by atoms with E-state index in [1.165, 1.54) is 25.7 Å². The van der Waals surface area contributed by atoms with Crippen molar-refractivity contribution in [3.8, 4) is 0 Å². The molecule has 19 heavy (non-hydrogen) atoms. The van der Waals surface area contributed by atoms with Crippen molar-refractivity contribution in [2.45, 2.75) is 46.1 Å². The molecule has 1 aromatic heterocycles. The lowest BCUT2D eigenvalue weighted by Gasteiger charge is -2.28. The molecule has 2 rings (SSSR count). The normalized spacial score (nSPS) is 23.3. The van der Waals surface area contributed by atoms with Crippen LogP contribution in [0.15, 0.2) is 6.20 Å². The Balaban J connectivity index is 1.95. The summed E-state index contributed by atoms with van der Waals surface area (Å²) in [7, 11) is 0. The van der Waals surface area contributed by atoms with Crippen molar-refractivity contribution < 1.29 is 4.79 Å². The molecule has 1 aliphatic rings. The van der Waals surface area contributed by atoms with E-state index in [1.54, 1.807) is 10.9 Å². The summed E-state index contributed by atoms with van der Waals surface area (Å²) in [5.74, 6) is 1.19. The summed E-state index contributed by atoms with van der Waals surface area (Å²) in [6.07, 6.45) is 6.63. The zero-order valence-corrected chi connectivity index (χ0v) is 11.9. The Hall–Kier alpha value is -1.52. The first kappa shape index (κ1) is 13.9. The van der Waals surface area contributed by atoms with Gasteiger partial charge in [-0.05, 0) is 25.2 Å². The second kappa shape index (κ2) is 6.08. The Labute approximate surface area is 114 Å². The number of amides is 1. The summed E-state index contributed by atoms with van der Waals surface area (Å²) >= 11 is 0. The molecule has 5 nitrogen and oxygen atoms in total. The van der Waals surface area contributed by atoms with E-state index in [-0.39, 0.29) is 5.91 Å². The highest BCUT2D eigenvalue weighted by molar-refractivity contribution is 5.97. The zero-order chi connectivity index (χ0) is 13.8. The Morgan fingerprint density at radius 2 is 2.26 bits per heavy atom. The number of nitrogens with two attached hydrogens (primary N) is 1. The minimum Gasteiger partial charge on any atom is -0.396 e. The Morgan fingerprint density at radius 3 is 2.95 bits per heavy atom. The van der Waals surface area contributed by atoms with E-state index in [9.17, 15) is 4.79 Å². The molecule has 2 atom stereocenters. The van der Waals surface area contributed by atoms with Crippen LogP contribution in [0.25, 0.3) is 0 Å². The molecule has 0 bridgehead atoms. The molecule has 0 saturated heterocycles. The summed E-state index contributed by atoms with van der Waals surface area (Å²) in [4.78, 5) is 12.2. The van der Waals surface area contributed by atoms with Crippen LogP contribution in [0.5, 0.6) is 0 Å². The first-order valence-electron chi connectivity index (χ1n) is 7.23. The zero-order valence-electron chi connectivity index (χ0n) is 11.9. The largest absolute Gasteiger partial charge is 0.396 e. The summed E-state index contributed by atoms with van der Waals surface area (Å²) in [6.45, 7) is 5.63. The van der Waals surface area contributed by atoms with Gasteiger partial charge in [-0.15, -0.1) is 0 Å². The predicted octanol–water partition coefficient (Wildman–Crippen LogP) is 2.04. The molecular weight excluding hydrogens is 240 g/mol. The standard InChI is InChI=1S/C14H24N4O/c1-3-18-13(12(15)9-17-18)14(19)16-8-11-7-5-4-6-10(11)2/h9-11H,3-8,15H2,1-2H3,(H,16,19). The van der Waals surface area contributed by atoms with Crippen molar-refractivity contribution in [2.75, 3.05) is 12.3 Å². The van der Waals surface area contributed by atoms with Gasteiger partial charge in [0, 0.05) is 13.1 Å². The quantitative estimate of drug-likeness (QED) is 0.874. The Kier molecular flexibility index (Phi) is 4.45. The van der Waals surface area contributed by atoms with Crippen LogP contribution in [0.1, 0.15) is 50.0 Å². The van der Waals surface area contributed by atoms with E-state index in [0.717, 1.165) is 6.54 Å². The highest BCUT2D eigenvalue weighted by Crippen LogP contribution is 2.28. The number of nitrogens with zero attached hydrogens (tertiary/aromatic N) is 2. The van der Waals surface area contributed by atoms with Crippen LogP contribution in [0.2, 0.25) is 0 Å². The van der Waals surface area contributed by atoms with Gasteiger partial charge in [0.25, 0.3) is 5.91 Å². The minimum absolute atomic E-state index is 0.102. The third-order valence-electron chi connectivity index (χ3n) is 4.20. The average Bonchev–Trinajstić information content (AvgIpc) is 2.78. The van der Waals surface area contributed by atoms with Crippen molar-refractivity contribution in [3.63, 3.8) is 0 Å². The number of carbonyl (C=O) groups excluding carboxylic acids is 1. The highest BCUT2D eigenvalue weighted by Gasteiger charge is 2.23. The summed E-state index contributed by atoms with van der Waals surface area (Å²) < 4.78 is 1.65. The second-order valence-electron chi connectivity index (χ2n) is 5.50. The fraction of sp³-hybridized carbons (Fsp3) is 0.714. The van der Waals surface area contributed by atoms with Crippen LogP contribution in [-0.4, -0.2) is 22.2 Å². The SMILES string of the molecule is CCn1ncc(N)c1C(=O)NCC1CCCCC1C. The van der Waals surface area contributed by atoms with E-state index in [4.69, 9.17) is 5.73 Å². The van der Waals surface area contributed by atoms with Gasteiger partial charge in [-0.1, -0.05) is 26.2 Å². The Bertz CT molecular complexity index is 441. The molecule has 1 heterocycles. The van der Waals surface area contributed by atoms with Crippen molar-refractivity contribution in [1.29, 1.82) is 0 Å². The number of carbonyl (C=O) groups is 1. The molecule has 0 aromatic carbocycles. The van der Waals surface area contributed by atoms with Gasteiger partial charge < -0.3 is 11.1 Å². The van der Waals surface area contributed by atoms with Gasteiger partial charge in [0.15, 0.2) is 0 Å². The third kappa shape index (κ3) is 3.08. The first-order valence-corrected chi connectivity index (χ1v) is 7.23. The van der Waals surface area contributed by atoms with Crippen molar-refractivity contribution in [3.05, 3.63) is 11.9 Å². The van der Waals surface area contributed by atoms with Gasteiger partial charge in [0.2, 0.25) is 0 Å². The van der Waals surface area contributed by atoms with Gasteiger partial charge in [-0.3, -0.25) is 9.48 Å². The maximum atomic E-state index is 12.2. The van der Waals surface area contributed by atoms with Gasteiger partial charge in [0.05, 0.1) is 11.9 Å². The van der Waals surface area contributed by atoms with Gasteiger partial charge >= 0.3 is 0 Å². The number of anilines is 1. The molecule has 5 heteroatoms. The highest BCUT2D eigenvalue weighted by atomic mass is 16.2. The van der Waals surface area contributed by atoms with Gasteiger partial charge in [-0.25, -0.2) is 0 Å². The molecule has 1 aliphatic carbocycles. The fourth-order valence-corrected chi connectivity index (χ4v) is 2.89. The summed E-state index contributed by atoms with van der Waals surface area (Å²) in [5.41, 5.74) is 6.76. The lowest BCUT2D eigenvalue weighted by molar-refractivity contribution is 0.0926. The lowest BCUT2D eigenvalue weighted by atomic mass is 9.80. The van der Waals surface area contributed by atoms with Crippen LogP contribution in [-0.2, 0) is 6.54 Å².